The third-order valence-corrected chi connectivity index (χ3v) is 7.43. The number of hydrogen-bond donors (Lipinski definition) is 1. The molecular formula is C27H49N3O4. The lowest BCUT2D eigenvalue weighted by Gasteiger charge is -2.48. The zero-order valence-corrected chi connectivity index (χ0v) is 22.6. The van der Waals surface area contributed by atoms with Crippen molar-refractivity contribution in [3.8, 4) is 0 Å². The van der Waals surface area contributed by atoms with Crippen molar-refractivity contribution in [1.29, 1.82) is 0 Å². The van der Waals surface area contributed by atoms with Crippen LogP contribution in [0, 0.1) is 23.7 Å². The molecular weight excluding hydrogens is 430 g/mol. The van der Waals surface area contributed by atoms with Gasteiger partial charge in [0.15, 0.2) is 0 Å². The first-order valence-corrected chi connectivity index (χ1v) is 13.4. The summed E-state index contributed by atoms with van der Waals surface area (Å²) in [5.74, 6) is 1.29. The van der Waals surface area contributed by atoms with Crippen molar-refractivity contribution in [2.24, 2.45) is 23.7 Å². The largest absolute Gasteiger partial charge is 0.462 e. The van der Waals surface area contributed by atoms with Crippen molar-refractivity contribution in [2.45, 2.75) is 98.3 Å². The van der Waals surface area contributed by atoms with Gasteiger partial charge in [0.1, 0.15) is 17.9 Å². The summed E-state index contributed by atoms with van der Waals surface area (Å²) in [6, 6.07) is -0.217. The average molecular weight is 480 g/mol. The zero-order valence-electron chi connectivity index (χ0n) is 22.6. The maximum atomic E-state index is 13.4. The molecule has 1 unspecified atom stereocenters. The highest BCUT2D eigenvalue weighted by molar-refractivity contribution is 5.87. The highest BCUT2D eigenvalue weighted by Gasteiger charge is 2.45. The molecule has 34 heavy (non-hydrogen) atoms. The summed E-state index contributed by atoms with van der Waals surface area (Å²) in [5.41, 5.74) is -0.805. The molecule has 0 spiro atoms. The lowest BCUT2D eigenvalue weighted by Crippen LogP contribution is -2.67. The summed E-state index contributed by atoms with van der Waals surface area (Å²) < 4.78 is 5.56. The van der Waals surface area contributed by atoms with Gasteiger partial charge in [0.05, 0.1) is 6.04 Å². The third kappa shape index (κ3) is 8.04. The molecule has 196 valence electrons. The second-order valence-corrected chi connectivity index (χ2v) is 11.8. The Hall–Kier alpha value is -1.47. The van der Waals surface area contributed by atoms with E-state index in [0.29, 0.717) is 49.6 Å². The highest BCUT2D eigenvalue weighted by Crippen LogP contribution is 2.30. The summed E-state index contributed by atoms with van der Waals surface area (Å²) >= 11 is 0. The number of rotatable bonds is 12. The van der Waals surface area contributed by atoms with E-state index in [1.807, 2.05) is 11.8 Å². The minimum Gasteiger partial charge on any atom is -0.462 e. The molecule has 0 bridgehead atoms. The molecule has 2 fully saturated rings. The normalized spacial score (nSPS) is 23.4. The van der Waals surface area contributed by atoms with Gasteiger partial charge >= 0.3 is 5.97 Å². The Morgan fingerprint density at radius 2 is 1.74 bits per heavy atom. The first-order chi connectivity index (χ1) is 16.0. The van der Waals surface area contributed by atoms with Crippen molar-refractivity contribution in [3.05, 3.63) is 0 Å². The Balaban J connectivity index is 2.03. The fourth-order valence-corrected chi connectivity index (χ4v) is 5.31. The van der Waals surface area contributed by atoms with Gasteiger partial charge in [-0.15, -0.1) is 0 Å². The molecule has 1 amide bonds. The molecule has 2 heterocycles. The van der Waals surface area contributed by atoms with Crippen LogP contribution in [0.4, 0.5) is 0 Å². The average Bonchev–Trinajstić information content (AvgIpc) is 2.75. The van der Waals surface area contributed by atoms with Gasteiger partial charge in [0, 0.05) is 26.1 Å². The standard InChI is InChI=1S/C27H49N3O4/c1-19(2)14-24-26(33)30(13-10-28-24)27(18-31,16-20(3)4)17-29-11-8-23(9-12-29)15-25(32)34-22(7)21(5)6/h18-24,28H,8-17H2,1-7H3/t22?,24-,27+/m0/s1. The number of amides is 1. The molecule has 2 rings (SSSR count). The minimum atomic E-state index is -0.805. The fraction of sp³-hybridized carbons (Fsp3) is 0.889. The Morgan fingerprint density at radius 3 is 2.26 bits per heavy atom. The number of aldehydes is 1. The number of carbonyl (C=O) groups excluding carboxylic acids is 3. The van der Waals surface area contributed by atoms with Crippen LogP contribution in [0.1, 0.15) is 80.6 Å². The zero-order chi connectivity index (χ0) is 25.5. The number of piperidine rings is 1. The molecule has 0 aromatic heterocycles. The second-order valence-electron chi connectivity index (χ2n) is 11.8. The number of carbonyl (C=O) groups is 3. The van der Waals surface area contributed by atoms with E-state index in [9.17, 15) is 14.4 Å². The van der Waals surface area contributed by atoms with E-state index in [-0.39, 0.29) is 24.0 Å². The first kappa shape index (κ1) is 28.8. The molecule has 2 saturated heterocycles. The van der Waals surface area contributed by atoms with Crippen molar-refractivity contribution < 1.29 is 19.1 Å². The monoisotopic (exact) mass is 479 g/mol. The first-order valence-electron chi connectivity index (χ1n) is 13.4. The number of hydrogen-bond acceptors (Lipinski definition) is 6. The summed E-state index contributed by atoms with van der Waals surface area (Å²) in [6.45, 7) is 18.1. The van der Waals surface area contributed by atoms with Gasteiger partial charge in [0.2, 0.25) is 5.91 Å². The second kappa shape index (κ2) is 13.0. The van der Waals surface area contributed by atoms with Crippen LogP contribution in [-0.2, 0) is 19.1 Å². The van der Waals surface area contributed by atoms with Gasteiger partial charge < -0.3 is 24.6 Å². The van der Waals surface area contributed by atoms with E-state index < -0.39 is 5.54 Å². The van der Waals surface area contributed by atoms with Crippen molar-refractivity contribution >= 4 is 18.2 Å². The van der Waals surface area contributed by atoms with Crippen LogP contribution in [0.15, 0.2) is 0 Å². The molecule has 0 aromatic carbocycles. The number of ether oxygens (including phenoxy) is 1. The van der Waals surface area contributed by atoms with Gasteiger partial charge in [0.25, 0.3) is 0 Å². The van der Waals surface area contributed by atoms with Crippen molar-refractivity contribution in [1.82, 2.24) is 15.1 Å². The summed E-state index contributed by atoms with van der Waals surface area (Å²) in [6.07, 6.45) is 4.70. The Kier molecular flexibility index (Phi) is 11.0. The lowest BCUT2D eigenvalue weighted by molar-refractivity contribution is -0.152. The van der Waals surface area contributed by atoms with Gasteiger partial charge in [-0.3, -0.25) is 9.59 Å². The Morgan fingerprint density at radius 1 is 1.09 bits per heavy atom. The smallest absolute Gasteiger partial charge is 0.306 e. The molecule has 0 aromatic rings. The minimum absolute atomic E-state index is 0.0598. The Labute approximate surface area is 207 Å². The maximum Gasteiger partial charge on any atom is 0.306 e. The van der Waals surface area contributed by atoms with E-state index in [2.05, 4.69) is 51.8 Å². The van der Waals surface area contributed by atoms with E-state index in [1.165, 1.54) is 0 Å². The SMILES string of the molecule is CC(C)C[C@@H]1NCCN([C@](C=O)(CC(C)C)CN2CCC(CC(=O)OC(C)C(C)C)CC2)C1=O. The van der Waals surface area contributed by atoms with Crippen LogP contribution < -0.4 is 5.32 Å². The topological polar surface area (TPSA) is 79.0 Å². The number of likely N-dealkylation sites (tertiary alicyclic amines) is 1. The van der Waals surface area contributed by atoms with E-state index in [1.54, 1.807) is 0 Å². The van der Waals surface area contributed by atoms with Gasteiger partial charge in [-0.05, 0) is 69.4 Å². The van der Waals surface area contributed by atoms with E-state index in [4.69, 9.17) is 4.74 Å². The molecule has 7 nitrogen and oxygen atoms in total. The number of nitrogens with zero attached hydrogens (tertiary/aromatic N) is 2. The van der Waals surface area contributed by atoms with Crippen LogP contribution in [0.25, 0.3) is 0 Å². The molecule has 0 radical (unpaired) electrons. The van der Waals surface area contributed by atoms with Crippen LogP contribution in [0.5, 0.6) is 0 Å². The molecule has 3 atom stereocenters. The molecule has 7 heteroatoms. The predicted molar refractivity (Wildman–Crippen MR) is 135 cm³/mol. The molecule has 1 N–H and O–H groups in total. The summed E-state index contributed by atoms with van der Waals surface area (Å²) in [4.78, 5) is 42.6. The highest BCUT2D eigenvalue weighted by atomic mass is 16.5. The van der Waals surface area contributed by atoms with Crippen molar-refractivity contribution in [3.63, 3.8) is 0 Å². The number of piperazine rings is 1. The Bertz CT molecular complexity index is 673. The van der Waals surface area contributed by atoms with Crippen LogP contribution in [-0.4, -0.2) is 78.4 Å². The van der Waals surface area contributed by atoms with Crippen LogP contribution >= 0.6 is 0 Å². The molecule has 2 aliphatic heterocycles. The number of nitrogens with one attached hydrogen (secondary N) is 1. The number of esters is 1. The van der Waals surface area contributed by atoms with Gasteiger partial charge in [-0.25, -0.2) is 0 Å². The molecule has 0 saturated carbocycles. The van der Waals surface area contributed by atoms with Gasteiger partial charge in [-0.1, -0.05) is 41.5 Å². The van der Waals surface area contributed by atoms with E-state index in [0.717, 1.165) is 45.2 Å². The maximum absolute atomic E-state index is 13.4. The summed E-state index contributed by atoms with van der Waals surface area (Å²) in [7, 11) is 0. The van der Waals surface area contributed by atoms with Crippen molar-refractivity contribution in [2.75, 3.05) is 32.7 Å². The summed E-state index contributed by atoms with van der Waals surface area (Å²) in [5, 5.41) is 3.36. The molecule has 0 aliphatic carbocycles. The van der Waals surface area contributed by atoms with Gasteiger partial charge in [-0.2, -0.15) is 0 Å². The quantitative estimate of drug-likeness (QED) is 0.341. The fourth-order valence-electron chi connectivity index (χ4n) is 5.31. The van der Waals surface area contributed by atoms with Crippen LogP contribution in [0.2, 0.25) is 0 Å². The molecule has 2 aliphatic rings. The lowest BCUT2D eigenvalue weighted by atomic mass is 9.84. The third-order valence-electron chi connectivity index (χ3n) is 7.43. The predicted octanol–water partition coefficient (Wildman–Crippen LogP) is 3.51. The van der Waals surface area contributed by atoms with E-state index >= 15 is 0 Å². The van der Waals surface area contributed by atoms with Crippen LogP contribution in [0.3, 0.4) is 0 Å².